The third-order valence-electron chi connectivity index (χ3n) is 5.61. The van der Waals surface area contributed by atoms with Gasteiger partial charge in [-0.15, -0.1) is 11.3 Å². The number of carbonyl (C=O) groups is 1. The molecule has 0 unspecified atom stereocenters. The highest BCUT2D eigenvalue weighted by Gasteiger charge is 2.43. The molecule has 3 aromatic rings. The zero-order valence-corrected chi connectivity index (χ0v) is 17.5. The van der Waals surface area contributed by atoms with Crippen molar-refractivity contribution < 1.29 is 9.32 Å². The molecular weight excluding hydrogens is 388 g/mol. The number of thiophene rings is 1. The second-order valence-electron chi connectivity index (χ2n) is 7.58. The van der Waals surface area contributed by atoms with Crippen molar-refractivity contribution in [3.8, 4) is 17.3 Å². The van der Waals surface area contributed by atoms with Crippen molar-refractivity contribution in [1.82, 2.24) is 29.5 Å². The molecule has 0 aromatic carbocycles. The van der Waals surface area contributed by atoms with Crippen LogP contribution >= 0.6 is 11.3 Å². The smallest absolute Gasteiger partial charge is 0.278 e. The Balaban J connectivity index is 1.50. The molecule has 0 aliphatic carbocycles. The van der Waals surface area contributed by atoms with Gasteiger partial charge in [0.2, 0.25) is 0 Å². The number of fused-ring (bicyclic) bond motifs is 5. The number of carbonyl (C=O) groups excluding carboxylic acids is 1. The van der Waals surface area contributed by atoms with Crippen LogP contribution in [0.15, 0.2) is 22.3 Å². The molecule has 1 atom stereocenters. The van der Waals surface area contributed by atoms with E-state index in [1.807, 2.05) is 20.9 Å². The zero-order valence-electron chi connectivity index (χ0n) is 16.7. The fraction of sp³-hybridized carbons (Fsp3) is 0.500. The summed E-state index contributed by atoms with van der Waals surface area (Å²) in [4.78, 5) is 27.1. The van der Waals surface area contributed by atoms with E-state index in [0.717, 1.165) is 55.2 Å². The quantitative estimate of drug-likeness (QED) is 0.591. The minimum atomic E-state index is 0.00614. The molecule has 0 N–H and O–H groups in total. The Hall–Kier alpha value is -2.52. The second kappa shape index (κ2) is 7.38. The van der Waals surface area contributed by atoms with E-state index in [1.165, 1.54) is 11.3 Å². The van der Waals surface area contributed by atoms with Crippen LogP contribution in [0.3, 0.4) is 0 Å². The van der Waals surface area contributed by atoms with Gasteiger partial charge in [0.25, 0.3) is 11.8 Å². The first-order valence-electron chi connectivity index (χ1n) is 10.2. The fourth-order valence-electron chi connectivity index (χ4n) is 4.25. The molecule has 0 radical (unpaired) electrons. The van der Waals surface area contributed by atoms with Crippen molar-refractivity contribution >= 4 is 17.2 Å². The lowest BCUT2D eigenvalue weighted by atomic mass is 9.98. The average molecular weight is 413 g/mol. The molecule has 0 bridgehead atoms. The summed E-state index contributed by atoms with van der Waals surface area (Å²) in [6.07, 6.45) is 4.87. The molecule has 152 valence electrons. The molecule has 3 aromatic heterocycles. The van der Waals surface area contributed by atoms with Gasteiger partial charge in [-0.05, 0) is 43.8 Å². The van der Waals surface area contributed by atoms with Crippen LogP contribution in [0.1, 0.15) is 60.3 Å². The number of amides is 1. The topological polar surface area (TPSA) is 80.3 Å². The van der Waals surface area contributed by atoms with Crippen molar-refractivity contribution in [1.29, 1.82) is 0 Å². The number of nitrogens with zero attached hydrogens (tertiary/aromatic N) is 6. The Kier molecular flexibility index (Phi) is 4.71. The van der Waals surface area contributed by atoms with Gasteiger partial charge in [0.05, 0.1) is 24.0 Å². The molecule has 0 saturated carbocycles. The van der Waals surface area contributed by atoms with Gasteiger partial charge in [-0.1, -0.05) is 19.0 Å². The maximum Gasteiger partial charge on any atom is 0.278 e. The van der Waals surface area contributed by atoms with Gasteiger partial charge in [-0.3, -0.25) is 14.3 Å². The summed E-state index contributed by atoms with van der Waals surface area (Å²) in [6, 6.07) is 1.98. The van der Waals surface area contributed by atoms with E-state index < -0.39 is 0 Å². The zero-order chi connectivity index (χ0) is 20.0. The summed E-state index contributed by atoms with van der Waals surface area (Å²) in [6.45, 7) is 7.81. The maximum absolute atomic E-state index is 12.9. The molecule has 2 aliphatic rings. The molecular formula is C20H24N6O2S. The minimum absolute atomic E-state index is 0.00614. The van der Waals surface area contributed by atoms with E-state index in [-0.39, 0.29) is 11.9 Å². The molecule has 5 rings (SSSR count). The molecule has 9 heteroatoms. The summed E-state index contributed by atoms with van der Waals surface area (Å²) in [7, 11) is 0. The number of hydrogen-bond donors (Lipinski definition) is 0. The highest BCUT2D eigenvalue weighted by molar-refractivity contribution is 7.12. The van der Waals surface area contributed by atoms with Crippen LogP contribution in [0.25, 0.3) is 17.3 Å². The highest BCUT2D eigenvalue weighted by Crippen LogP contribution is 2.44. The Labute approximate surface area is 173 Å². The van der Waals surface area contributed by atoms with Crippen molar-refractivity contribution in [2.45, 2.75) is 45.7 Å². The van der Waals surface area contributed by atoms with E-state index in [4.69, 9.17) is 4.52 Å². The predicted octanol–water partition coefficient (Wildman–Crippen LogP) is 3.51. The largest absolute Gasteiger partial charge is 0.332 e. The third kappa shape index (κ3) is 3.00. The van der Waals surface area contributed by atoms with Gasteiger partial charge in [0.1, 0.15) is 11.2 Å². The van der Waals surface area contributed by atoms with Crippen LogP contribution in [0.5, 0.6) is 0 Å². The molecule has 1 amide bonds. The molecule has 5 heterocycles. The Morgan fingerprint density at radius 1 is 1.31 bits per heavy atom. The van der Waals surface area contributed by atoms with Crippen molar-refractivity contribution in [3.05, 3.63) is 34.2 Å². The predicted molar refractivity (Wildman–Crippen MR) is 109 cm³/mol. The first-order valence-corrected chi connectivity index (χ1v) is 11.1. The summed E-state index contributed by atoms with van der Waals surface area (Å²) < 4.78 is 7.63. The summed E-state index contributed by atoms with van der Waals surface area (Å²) in [5.74, 6) is 1.21. The Morgan fingerprint density at radius 2 is 2.14 bits per heavy atom. The van der Waals surface area contributed by atoms with E-state index >= 15 is 0 Å². The van der Waals surface area contributed by atoms with Gasteiger partial charge in [0.15, 0.2) is 11.5 Å². The molecule has 8 nitrogen and oxygen atoms in total. The third-order valence-corrected chi connectivity index (χ3v) is 6.51. The average Bonchev–Trinajstić information content (AvgIpc) is 3.39. The Bertz CT molecular complexity index is 1030. The van der Waals surface area contributed by atoms with E-state index in [2.05, 4.69) is 33.9 Å². The van der Waals surface area contributed by atoms with Crippen LogP contribution in [-0.2, 0) is 6.54 Å². The first kappa shape index (κ1) is 18.5. The van der Waals surface area contributed by atoms with Gasteiger partial charge < -0.3 is 9.42 Å². The van der Waals surface area contributed by atoms with Crippen LogP contribution in [0, 0.1) is 0 Å². The number of rotatable bonds is 7. The fourth-order valence-corrected chi connectivity index (χ4v) is 5.09. The van der Waals surface area contributed by atoms with Crippen molar-refractivity contribution in [2.75, 3.05) is 19.6 Å². The van der Waals surface area contributed by atoms with Gasteiger partial charge in [-0.25, -0.2) is 4.98 Å². The number of hydrogen-bond acceptors (Lipinski definition) is 7. The number of imidazole rings is 1. The lowest BCUT2D eigenvalue weighted by Gasteiger charge is -2.39. The lowest BCUT2D eigenvalue weighted by Crippen LogP contribution is -2.44. The summed E-state index contributed by atoms with van der Waals surface area (Å²) in [5.41, 5.74) is 2.54. The van der Waals surface area contributed by atoms with Crippen molar-refractivity contribution in [2.24, 2.45) is 0 Å². The summed E-state index contributed by atoms with van der Waals surface area (Å²) in [5, 5.41) is 6.16. The van der Waals surface area contributed by atoms with Gasteiger partial charge in [0, 0.05) is 6.54 Å². The normalized spacial score (nSPS) is 17.7. The van der Waals surface area contributed by atoms with Crippen molar-refractivity contribution in [3.63, 3.8) is 0 Å². The molecule has 2 aliphatic heterocycles. The van der Waals surface area contributed by atoms with E-state index in [9.17, 15) is 4.79 Å². The molecule has 0 spiro atoms. The van der Waals surface area contributed by atoms with Crippen LogP contribution in [0.4, 0.5) is 0 Å². The first-order chi connectivity index (χ1) is 14.2. The van der Waals surface area contributed by atoms with Crippen LogP contribution in [-0.4, -0.2) is 55.0 Å². The second-order valence-corrected chi connectivity index (χ2v) is 8.49. The standard InChI is InChI=1S/C20H24N6O2S/c1-3-7-24(8-4-2)11-15-22-19(28-23-15)16-17-13-5-9-25(13)20(27)18-14(6-10-29-18)26(17)12-21-16/h6,10,12-13H,3-5,7-9,11H2,1-2H3/t13-/m0/s1. The SMILES string of the molecule is CCCN(CCC)Cc1noc(-c2ncn3c2[C@@H]2CCN2C(=O)c2sccc2-3)n1. The van der Waals surface area contributed by atoms with Gasteiger partial charge >= 0.3 is 0 Å². The monoisotopic (exact) mass is 412 g/mol. The van der Waals surface area contributed by atoms with Crippen LogP contribution in [0.2, 0.25) is 0 Å². The Morgan fingerprint density at radius 3 is 2.86 bits per heavy atom. The minimum Gasteiger partial charge on any atom is -0.332 e. The maximum atomic E-state index is 12.9. The van der Waals surface area contributed by atoms with E-state index in [0.29, 0.717) is 24.0 Å². The van der Waals surface area contributed by atoms with Crippen LogP contribution < -0.4 is 0 Å². The highest BCUT2D eigenvalue weighted by atomic mass is 32.1. The van der Waals surface area contributed by atoms with E-state index in [1.54, 1.807) is 6.33 Å². The van der Waals surface area contributed by atoms with Gasteiger partial charge in [-0.2, -0.15) is 4.98 Å². The molecule has 29 heavy (non-hydrogen) atoms. The lowest BCUT2D eigenvalue weighted by molar-refractivity contribution is 0.0466. The summed E-state index contributed by atoms with van der Waals surface area (Å²) >= 11 is 1.48. The molecule has 1 saturated heterocycles. The molecule has 1 fully saturated rings. The number of aromatic nitrogens is 4.